The lowest BCUT2D eigenvalue weighted by Gasteiger charge is -2.19. The first-order chi connectivity index (χ1) is 12.0. The zero-order chi connectivity index (χ0) is 18.0. The van der Waals surface area contributed by atoms with Crippen LogP contribution >= 0.6 is 0 Å². The van der Waals surface area contributed by atoms with Gasteiger partial charge in [0.2, 0.25) is 0 Å². The molecule has 1 atom stereocenters. The van der Waals surface area contributed by atoms with Crippen LogP contribution in [0.5, 0.6) is 5.75 Å². The molecule has 0 amide bonds. The Balaban J connectivity index is 1.88. The van der Waals surface area contributed by atoms with Crippen molar-refractivity contribution in [1.29, 1.82) is 0 Å². The Morgan fingerprint density at radius 3 is 2.56 bits per heavy atom. The molecule has 25 heavy (non-hydrogen) atoms. The van der Waals surface area contributed by atoms with Gasteiger partial charge in [-0.1, -0.05) is 24.3 Å². The van der Waals surface area contributed by atoms with Crippen LogP contribution in [0.4, 0.5) is 0 Å². The first kappa shape index (κ1) is 17.2. The van der Waals surface area contributed by atoms with Crippen LogP contribution in [0.25, 0.3) is 11.6 Å². The molecule has 1 aliphatic heterocycles. The van der Waals surface area contributed by atoms with Crippen LogP contribution in [-0.2, 0) is 10.2 Å². The van der Waals surface area contributed by atoms with Gasteiger partial charge in [-0.3, -0.25) is 0 Å². The maximum absolute atomic E-state index is 11.5. The highest BCUT2D eigenvalue weighted by Crippen LogP contribution is 2.39. The third kappa shape index (κ3) is 3.30. The summed E-state index contributed by atoms with van der Waals surface area (Å²) < 4.78 is 10.4. The van der Waals surface area contributed by atoms with Crippen LogP contribution in [0.1, 0.15) is 40.9 Å². The van der Waals surface area contributed by atoms with Crippen LogP contribution in [0, 0.1) is 0 Å². The molecule has 0 radical (unpaired) electrons. The van der Waals surface area contributed by atoms with Gasteiger partial charge in [0.1, 0.15) is 5.75 Å². The van der Waals surface area contributed by atoms with Gasteiger partial charge in [0.05, 0.1) is 31.3 Å². The number of fused-ring (bicyclic) bond motifs is 1. The van der Waals surface area contributed by atoms with Crippen LogP contribution in [0.3, 0.4) is 0 Å². The maximum atomic E-state index is 11.5. The summed E-state index contributed by atoms with van der Waals surface area (Å²) in [5.74, 6) is 0.504. The SMILES string of the molecule is COC(=O)c1ccc(/C=C(\C)c2ccc3c(c2)C(C)(CO)CO3)cc1. The fourth-order valence-electron chi connectivity index (χ4n) is 2.99. The van der Waals surface area contributed by atoms with Crippen molar-refractivity contribution in [3.63, 3.8) is 0 Å². The molecule has 0 spiro atoms. The first-order valence-electron chi connectivity index (χ1n) is 8.22. The molecule has 130 valence electrons. The Labute approximate surface area is 147 Å². The molecule has 0 fully saturated rings. The van der Waals surface area contributed by atoms with Gasteiger partial charge in [-0.2, -0.15) is 0 Å². The monoisotopic (exact) mass is 338 g/mol. The smallest absolute Gasteiger partial charge is 0.337 e. The minimum atomic E-state index is -0.353. The van der Waals surface area contributed by atoms with E-state index in [1.54, 1.807) is 12.1 Å². The molecule has 0 bridgehead atoms. The molecule has 1 aliphatic rings. The second-order valence-electron chi connectivity index (χ2n) is 6.66. The van der Waals surface area contributed by atoms with Gasteiger partial charge in [0.15, 0.2) is 0 Å². The summed E-state index contributed by atoms with van der Waals surface area (Å²) in [6.45, 7) is 4.61. The number of allylic oxidation sites excluding steroid dienone is 1. The number of methoxy groups -OCH3 is 1. The van der Waals surface area contributed by atoms with E-state index in [0.29, 0.717) is 12.2 Å². The predicted octanol–water partition coefficient (Wildman–Crippen LogP) is 3.68. The molecule has 2 aromatic carbocycles. The van der Waals surface area contributed by atoms with Crippen LogP contribution in [0.2, 0.25) is 0 Å². The van der Waals surface area contributed by atoms with E-state index in [1.807, 2.05) is 38.1 Å². The molecule has 1 unspecified atom stereocenters. The van der Waals surface area contributed by atoms with Crippen LogP contribution in [0.15, 0.2) is 42.5 Å². The summed E-state index contributed by atoms with van der Waals surface area (Å²) in [5, 5.41) is 9.70. The zero-order valence-electron chi connectivity index (χ0n) is 14.7. The van der Waals surface area contributed by atoms with Crippen molar-refractivity contribution in [3.8, 4) is 5.75 Å². The fraction of sp³-hybridized carbons (Fsp3) is 0.286. The van der Waals surface area contributed by atoms with E-state index in [1.165, 1.54) is 7.11 Å². The topological polar surface area (TPSA) is 55.8 Å². The minimum absolute atomic E-state index is 0.0568. The molecular weight excluding hydrogens is 316 g/mol. The summed E-state index contributed by atoms with van der Waals surface area (Å²) in [5.41, 5.74) is 4.41. The van der Waals surface area contributed by atoms with Gasteiger partial charge in [-0.05, 0) is 54.8 Å². The number of hydrogen-bond donors (Lipinski definition) is 1. The third-order valence-corrected chi connectivity index (χ3v) is 4.70. The number of hydrogen-bond acceptors (Lipinski definition) is 4. The van der Waals surface area contributed by atoms with Crippen molar-refractivity contribution in [1.82, 2.24) is 0 Å². The molecule has 4 heteroatoms. The van der Waals surface area contributed by atoms with Gasteiger partial charge in [-0.15, -0.1) is 0 Å². The van der Waals surface area contributed by atoms with E-state index in [-0.39, 0.29) is 18.0 Å². The number of ether oxygens (including phenoxy) is 2. The molecule has 0 saturated carbocycles. The number of carbonyl (C=O) groups is 1. The molecule has 0 saturated heterocycles. The van der Waals surface area contributed by atoms with Crippen molar-refractivity contribution in [2.24, 2.45) is 0 Å². The third-order valence-electron chi connectivity index (χ3n) is 4.70. The lowest BCUT2D eigenvalue weighted by atomic mass is 9.84. The molecule has 4 nitrogen and oxygen atoms in total. The summed E-state index contributed by atoms with van der Waals surface area (Å²) in [4.78, 5) is 11.5. The largest absolute Gasteiger partial charge is 0.492 e. The van der Waals surface area contributed by atoms with Crippen LogP contribution < -0.4 is 4.74 Å². The average molecular weight is 338 g/mol. The summed E-state index contributed by atoms with van der Waals surface area (Å²) in [6, 6.07) is 13.4. The van der Waals surface area contributed by atoms with Crippen molar-refractivity contribution >= 4 is 17.6 Å². The summed E-state index contributed by atoms with van der Waals surface area (Å²) in [6.07, 6.45) is 2.06. The normalized spacial score (nSPS) is 19.3. The Hall–Kier alpha value is -2.59. The average Bonchev–Trinajstić information content (AvgIpc) is 2.98. The van der Waals surface area contributed by atoms with Crippen LogP contribution in [-0.4, -0.2) is 31.4 Å². The molecule has 2 aromatic rings. The van der Waals surface area contributed by atoms with Gasteiger partial charge < -0.3 is 14.6 Å². The molecule has 0 aliphatic carbocycles. The minimum Gasteiger partial charge on any atom is -0.492 e. The second-order valence-corrected chi connectivity index (χ2v) is 6.66. The maximum Gasteiger partial charge on any atom is 0.337 e. The highest BCUT2D eigenvalue weighted by molar-refractivity contribution is 5.90. The molecule has 1 heterocycles. The van der Waals surface area contributed by atoms with E-state index in [2.05, 4.69) is 12.1 Å². The Morgan fingerprint density at radius 1 is 1.24 bits per heavy atom. The van der Waals surface area contributed by atoms with E-state index in [4.69, 9.17) is 9.47 Å². The summed E-state index contributed by atoms with van der Waals surface area (Å²) in [7, 11) is 1.37. The lowest BCUT2D eigenvalue weighted by molar-refractivity contribution is 0.0600. The van der Waals surface area contributed by atoms with Crippen molar-refractivity contribution in [2.45, 2.75) is 19.3 Å². The number of carbonyl (C=O) groups excluding carboxylic acids is 1. The Morgan fingerprint density at radius 2 is 1.92 bits per heavy atom. The zero-order valence-corrected chi connectivity index (χ0v) is 14.7. The van der Waals surface area contributed by atoms with E-state index in [9.17, 15) is 9.90 Å². The van der Waals surface area contributed by atoms with E-state index >= 15 is 0 Å². The standard InChI is InChI=1S/C21H22O4/c1-14(10-15-4-6-16(7-5-15)20(23)24-3)17-8-9-19-18(11-17)21(2,12-22)13-25-19/h4-11,22H,12-13H2,1-3H3/b14-10+. The van der Waals surface area contributed by atoms with Gasteiger partial charge in [0.25, 0.3) is 0 Å². The molecule has 1 N–H and O–H groups in total. The quantitative estimate of drug-likeness (QED) is 0.682. The fourth-order valence-corrected chi connectivity index (χ4v) is 2.99. The predicted molar refractivity (Wildman–Crippen MR) is 97.7 cm³/mol. The first-order valence-corrected chi connectivity index (χ1v) is 8.22. The number of benzene rings is 2. The van der Waals surface area contributed by atoms with Crippen molar-refractivity contribution < 1.29 is 19.4 Å². The molecular formula is C21H22O4. The van der Waals surface area contributed by atoms with Gasteiger partial charge >= 0.3 is 5.97 Å². The van der Waals surface area contributed by atoms with Crippen molar-refractivity contribution in [3.05, 3.63) is 64.7 Å². The van der Waals surface area contributed by atoms with Gasteiger partial charge in [-0.25, -0.2) is 4.79 Å². The number of aliphatic hydroxyl groups excluding tert-OH is 1. The highest BCUT2D eigenvalue weighted by atomic mass is 16.5. The van der Waals surface area contributed by atoms with Gasteiger partial charge in [0, 0.05) is 5.56 Å². The lowest BCUT2D eigenvalue weighted by Crippen LogP contribution is -2.28. The number of esters is 1. The number of rotatable bonds is 4. The highest BCUT2D eigenvalue weighted by Gasteiger charge is 2.35. The second kappa shape index (κ2) is 6.73. The molecule has 0 aromatic heterocycles. The Kier molecular flexibility index (Phi) is 4.64. The summed E-state index contributed by atoms with van der Waals surface area (Å²) >= 11 is 0. The number of aliphatic hydroxyl groups is 1. The van der Waals surface area contributed by atoms with E-state index < -0.39 is 0 Å². The van der Waals surface area contributed by atoms with Crippen molar-refractivity contribution in [2.75, 3.05) is 20.3 Å². The molecule has 3 rings (SSSR count). The Bertz CT molecular complexity index is 820. The van der Waals surface area contributed by atoms with E-state index in [0.717, 1.165) is 28.0 Å².